The molecule has 28 heavy (non-hydrogen) atoms. The van der Waals surface area contributed by atoms with E-state index in [2.05, 4.69) is 25.2 Å². The second kappa shape index (κ2) is 11.1. The molecule has 0 spiro atoms. The van der Waals surface area contributed by atoms with Crippen LogP contribution >= 0.6 is 0 Å². The van der Waals surface area contributed by atoms with Gasteiger partial charge in [-0.1, -0.05) is 50.5 Å². The van der Waals surface area contributed by atoms with E-state index in [-0.39, 0.29) is 18.6 Å². The highest BCUT2D eigenvalue weighted by Gasteiger charge is 2.51. The lowest BCUT2D eigenvalue weighted by Crippen LogP contribution is -2.27. The summed E-state index contributed by atoms with van der Waals surface area (Å²) in [5, 5.41) is 18.1. The van der Waals surface area contributed by atoms with Crippen molar-refractivity contribution in [2.75, 3.05) is 0 Å². The second-order valence-electron chi connectivity index (χ2n) is 8.62. The lowest BCUT2D eigenvalue weighted by molar-refractivity contribution is -0.158. The number of ether oxygens (including phenoxy) is 2. The summed E-state index contributed by atoms with van der Waals surface area (Å²) in [6, 6.07) is 0. The van der Waals surface area contributed by atoms with E-state index in [1.807, 2.05) is 19.9 Å². The normalized spacial score (nSPS) is 30.3. The van der Waals surface area contributed by atoms with Crippen molar-refractivity contribution in [3.63, 3.8) is 0 Å². The van der Waals surface area contributed by atoms with Crippen molar-refractivity contribution in [3.8, 4) is 0 Å². The van der Waals surface area contributed by atoms with Gasteiger partial charge in [0.15, 0.2) is 11.9 Å². The van der Waals surface area contributed by atoms with E-state index in [0.717, 1.165) is 19.3 Å². The Kier molecular flexibility index (Phi) is 9.19. The Labute approximate surface area is 169 Å². The third kappa shape index (κ3) is 7.02. The van der Waals surface area contributed by atoms with E-state index >= 15 is 0 Å². The van der Waals surface area contributed by atoms with Crippen molar-refractivity contribution in [2.45, 2.75) is 103 Å². The van der Waals surface area contributed by atoms with Crippen LogP contribution in [0.15, 0.2) is 24.3 Å². The fraction of sp³-hybridized carbons (Fsp3) is 0.783. The molecule has 1 aliphatic carbocycles. The van der Waals surface area contributed by atoms with Crippen LogP contribution in [0.25, 0.3) is 0 Å². The van der Waals surface area contributed by atoms with Gasteiger partial charge in [-0.15, -0.1) is 0 Å². The molecular weight excluding hydrogens is 356 g/mol. The SMILES string of the molecule is CCCCCC/C=C/[C@H]1C[C@@H]2OC(C)(C)O[C@@H]2[C@@H]1C/C=C\CCC(O)C(=O)O. The van der Waals surface area contributed by atoms with E-state index in [1.165, 1.54) is 25.7 Å². The number of unbranched alkanes of at least 4 members (excludes halogenated alkanes) is 4. The minimum absolute atomic E-state index is 0.110. The number of hydrogen-bond donors (Lipinski definition) is 2. The third-order valence-electron chi connectivity index (χ3n) is 5.77. The van der Waals surface area contributed by atoms with Gasteiger partial charge in [0.25, 0.3) is 0 Å². The van der Waals surface area contributed by atoms with Crippen LogP contribution in [0.2, 0.25) is 0 Å². The van der Waals surface area contributed by atoms with Gasteiger partial charge in [-0.25, -0.2) is 4.79 Å². The van der Waals surface area contributed by atoms with Gasteiger partial charge in [-0.3, -0.25) is 0 Å². The van der Waals surface area contributed by atoms with E-state index < -0.39 is 17.9 Å². The molecule has 0 radical (unpaired) electrons. The number of aliphatic hydroxyl groups excluding tert-OH is 1. The van der Waals surface area contributed by atoms with Crippen LogP contribution in [0.3, 0.4) is 0 Å². The number of carbonyl (C=O) groups is 1. The molecule has 2 fully saturated rings. The van der Waals surface area contributed by atoms with Crippen LogP contribution in [0.1, 0.15) is 78.6 Å². The molecule has 5 nitrogen and oxygen atoms in total. The molecule has 1 saturated carbocycles. The highest BCUT2D eigenvalue weighted by Crippen LogP contribution is 2.46. The zero-order chi connectivity index (χ0) is 20.6. The number of aliphatic carboxylic acids is 1. The Hall–Kier alpha value is -1.17. The molecule has 1 heterocycles. The first-order chi connectivity index (χ1) is 13.3. The Morgan fingerprint density at radius 2 is 1.93 bits per heavy atom. The van der Waals surface area contributed by atoms with E-state index in [9.17, 15) is 9.90 Å². The van der Waals surface area contributed by atoms with Crippen LogP contribution < -0.4 is 0 Å². The van der Waals surface area contributed by atoms with Crippen molar-refractivity contribution in [3.05, 3.63) is 24.3 Å². The number of aliphatic hydroxyl groups is 1. The topological polar surface area (TPSA) is 76.0 Å². The van der Waals surface area contributed by atoms with Gasteiger partial charge in [0.1, 0.15) is 0 Å². The van der Waals surface area contributed by atoms with Gasteiger partial charge in [0, 0.05) is 0 Å². The lowest BCUT2D eigenvalue weighted by Gasteiger charge is -2.24. The Bertz CT molecular complexity index is 539. The maximum Gasteiger partial charge on any atom is 0.332 e. The molecular formula is C23H38O5. The maximum absolute atomic E-state index is 10.7. The average molecular weight is 395 g/mol. The first-order valence-electron chi connectivity index (χ1n) is 10.9. The van der Waals surface area contributed by atoms with Crippen molar-refractivity contribution < 1.29 is 24.5 Å². The number of fused-ring (bicyclic) bond motifs is 1. The Morgan fingerprint density at radius 3 is 2.64 bits per heavy atom. The summed E-state index contributed by atoms with van der Waals surface area (Å²) in [5.41, 5.74) is 0. The van der Waals surface area contributed by atoms with Crippen LogP contribution in [-0.2, 0) is 14.3 Å². The molecule has 5 heteroatoms. The molecule has 0 aromatic rings. The van der Waals surface area contributed by atoms with Gasteiger partial charge >= 0.3 is 5.97 Å². The van der Waals surface area contributed by atoms with Gasteiger partial charge in [-0.2, -0.15) is 0 Å². The molecule has 1 aliphatic heterocycles. The summed E-state index contributed by atoms with van der Waals surface area (Å²) in [6.45, 7) is 6.18. The van der Waals surface area contributed by atoms with Crippen LogP contribution in [-0.4, -0.2) is 40.3 Å². The summed E-state index contributed by atoms with van der Waals surface area (Å²) >= 11 is 0. The quantitative estimate of drug-likeness (QED) is 0.366. The molecule has 2 N–H and O–H groups in total. The monoisotopic (exact) mass is 394 g/mol. The molecule has 2 rings (SSSR count). The first-order valence-corrected chi connectivity index (χ1v) is 10.9. The first kappa shape index (κ1) is 23.1. The molecule has 0 aromatic carbocycles. The van der Waals surface area contributed by atoms with Gasteiger partial charge in [0.05, 0.1) is 12.2 Å². The predicted octanol–water partition coefficient (Wildman–Crippen LogP) is 4.84. The summed E-state index contributed by atoms with van der Waals surface area (Å²) in [4.78, 5) is 10.7. The number of carboxylic acid groups (broad SMARTS) is 1. The van der Waals surface area contributed by atoms with Gasteiger partial charge in [0.2, 0.25) is 0 Å². The second-order valence-corrected chi connectivity index (χ2v) is 8.62. The zero-order valence-electron chi connectivity index (χ0n) is 17.7. The number of carboxylic acids is 1. The van der Waals surface area contributed by atoms with Crippen LogP contribution in [0, 0.1) is 11.8 Å². The summed E-state index contributed by atoms with van der Waals surface area (Å²) < 4.78 is 12.3. The third-order valence-corrected chi connectivity index (χ3v) is 5.77. The smallest absolute Gasteiger partial charge is 0.332 e. The fourth-order valence-corrected chi connectivity index (χ4v) is 4.33. The molecule has 1 unspecified atom stereocenters. The van der Waals surface area contributed by atoms with Crippen molar-refractivity contribution in [1.82, 2.24) is 0 Å². The zero-order valence-corrected chi connectivity index (χ0v) is 17.7. The van der Waals surface area contributed by atoms with Gasteiger partial charge in [-0.05, 0) is 64.2 Å². The Balaban J connectivity index is 1.87. The summed E-state index contributed by atoms with van der Waals surface area (Å²) in [7, 11) is 0. The maximum atomic E-state index is 10.7. The van der Waals surface area contributed by atoms with Crippen molar-refractivity contribution in [1.29, 1.82) is 0 Å². The highest BCUT2D eigenvalue weighted by atomic mass is 16.8. The standard InChI is InChI=1S/C23H38O5/c1-4-5-6-7-8-10-13-17-16-20-21(28-23(2,3)27-20)18(17)14-11-9-12-15-19(24)22(25)26/h9-11,13,17-21,24H,4-8,12,14-16H2,1-3H3,(H,25,26)/b11-9-,13-10+/t17-,18+,19?,20-,21+/m0/s1. The molecule has 1 saturated heterocycles. The summed E-state index contributed by atoms with van der Waals surface area (Å²) in [5.74, 6) is -0.849. The van der Waals surface area contributed by atoms with E-state index in [1.54, 1.807) is 0 Å². The molecule has 160 valence electrons. The predicted molar refractivity (Wildman–Crippen MR) is 110 cm³/mol. The molecule has 2 aliphatic rings. The average Bonchev–Trinajstić information content (AvgIpc) is 3.09. The van der Waals surface area contributed by atoms with Crippen molar-refractivity contribution in [2.24, 2.45) is 11.8 Å². The minimum Gasteiger partial charge on any atom is -0.479 e. The number of hydrogen-bond acceptors (Lipinski definition) is 4. The Morgan fingerprint density at radius 1 is 1.14 bits per heavy atom. The molecule has 0 aromatic heterocycles. The summed E-state index contributed by atoms with van der Waals surface area (Å²) in [6.07, 6.45) is 16.7. The van der Waals surface area contributed by atoms with E-state index in [0.29, 0.717) is 18.3 Å². The minimum atomic E-state index is -1.28. The highest BCUT2D eigenvalue weighted by molar-refractivity contribution is 5.71. The van der Waals surface area contributed by atoms with Crippen molar-refractivity contribution >= 4 is 5.97 Å². The van der Waals surface area contributed by atoms with E-state index in [4.69, 9.17) is 14.6 Å². The number of allylic oxidation sites excluding steroid dienone is 4. The number of rotatable bonds is 12. The van der Waals surface area contributed by atoms with Crippen LogP contribution in [0.4, 0.5) is 0 Å². The fourth-order valence-electron chi connectivity index (χ4n) is 4.33. The molecule has 5 atom stereocenters. The van der Waals surface area contributed by atoms with Gasteiger partial charge < -0.3 is 19.7 Å². The molecule has 0 bridgehead atoms. The lowest BCUT2D eigenvalue weighted by atomic mass is 9.90. The largest absolute Gasteiger partial charge is 0.479 e. The molecule has 0 amide bonds. The van der Waals surface area contributed by atoms with Crippen LogP contribution in [0.5, 0.6) is 0 Å².